The Morgan fingerprint density at radius 3 is 2.45 bits per heavy atom. The van der Waals surface area contributed by atoms with Gasteiger partial charge in [-0.1, -0.05) is 23.7 Å². The van der Waals surface area contributed by atoms with Crippen molar-refractivity contribution in [1.29, 1.82) is 0 Å². The van der Waals surface area contributed by atoms with Crippen LogP contribution in [0.2, 0.25) is 5.02 Å². The van der Waals surface area contributed by atoms with E-state index in [1.54, 1.807) is 12.1 Å². The number of nitrogens with zero attached hydrogens (tertiary/aromatic N) is 1. The third-order valence-electron chi connectivity index (χ3n) is 3.96. The van der Waals surface area contributed by atoms with Crippen molar-refractivity contribution in [2.24, 2.45) is 5.92 Å². The van der Waals surface area contributed by atoms with Gasteiger partial charge in [-0.25, -0.2) is 0 Å². The fourth-order valence-electron chi connectivity index (χ4n) is 2.83. The number of hydrogen-bond donors (Lipinski definition) is 0. The summed E-state index contributed by atoms with van der Waals surface area (Å²) in [6.07, 6.45) is 1.76. The van der Waals surface area contributed by atoms with E-state index in [1.807, 2.05) is 17.0 Å². The molecule has 20 heavy (non-hydrogen) atoms. The molecule has 2 fully saturated rings. The maximum Gasteiger partial charge on any atom is 0.255 e. The first-order valence-corrected chi connectivity index (χ1v) is 7.40. The normalized spacial score (nSPS) is 21.4. The van der Waals surface area contributed by atoms with E-state index in [-0.39, 0.29) is 12.2 Å². The van der Waals surface area contributed by atoms with Gasteiger partial charge in [0.2, 0.25) is 0 Å². The summed E-state index contributed by atoms with van der Waals surface area (Å²) in [5.74, 6) is 0.412. The van der Waals surface area contributed by atoms with Gasteiger partial charge in [0.25, 0.3) is 5.91 Å². The van der Waals surface area contributed by atoms with Gasteiger partial charge in [0.05, 0.1) is 23.8 Å². The van der Waals surface area contributed by atoms with Crippen LogP contribution < -0.4 is 0 Å². The molecule has 4 nitrogen and oxygen atoms in total. The molecular weight excluding hydrogens is 278 g/mol. The van der Waals surface area contributed by atoms with Crippen LogP contribution in [0.1, 0.15) is 23.2 Å². The number of carbonyl (C=O) groups is 1. The summed E-state index contributed by atoms with van der Waals surface area (Å²) in [6.45, 7) is 2.84. The Balaban J connectivity index is 1.60. The monoisotopic (exact) mass is 295 g/mol. The topological polar surface area (TPSA) is 38.8 Å². The molecule has 1 aromatic carbocycles. The van der Waals surface area contributed by atoms with E-state index in [1.165, 1.54) is 0 Å². The molecule has 0 radical (unpaired) electrons. The lowest BCUT2D eigenvalue weighted by Crippen LogP contribution is -2.41. The van der Waals surface area contributed by atoms with E-state index in [9.17, 15) is 4.79 Å². The molecule has 0 saturated carbocycles. The molecule has 0 spiro atoms. The Hall–Kier alpha value is -1.10. The molecule has 1 aromatic rings. The molecule has 2 aliphatic heterocycles. The first kappa shape index (κ1) is 13.9. The maximum absolute atomic E-state index is 12.4. The number of hydrogen-bond acceptors (Lipinski definition) is 3. The molecule has 0 N–H and O–H groups in total. The molecule has 2 saturated heterocycles. The van der Waals surface area contributed by atoms with E-state index in [0.717, 1.165) is 25.9 Å². The molecule has 2 heterocycles. The average Bonchev–Trinajstić information content (AvgIpc) is 3.01. The van der Waals surface area contributed by atoms with Gasteiger partial charge in [-0.05, 0) is 25.0 Å². The number of benzene rings is 1. The quantitative estimate of drug-likeness (QED) is 0.842. The van der Waals surface area contributed by atoms with Crippen molar-refractivity contribution in [3.05, 3.63) is 34.9 Å². The van der Waals surface area contributed by atoms with Crippen molar-refractivity contribution in [2.75, 3.05) is 26.3 Å². The average molecular weight is 296 g/mol. The van der Waals surface area contributed by atoms with Crippen LogP contribution in [0.25, 0.3) is 0 Å². The number of ether oxygens (including phenoxy) is 2. The highest BCUT2D eigenvalue weighted by Crippen LogP contribution is 2.27. The largest absolute Gasteiger partial charge is 0.350 e. The highest BCUT2D eigenvalue weighted by molar-refractivity contribution is 6.33. The van der Waals surface area contributed by atoms with Gasteiger partial charge in [0.15, 0.2) is 6.29 Å². The minimum Gasteiger partial charge on any atom is -0.350 e. The van der Waals surface area contributed by atoms with Crippen LogP contribution in [0.3, 0.4) is 0 Å². The van der Waals surface area contributed by atoms with E-state index in [0.29, 0.717) is 29.7 Å². The summed E-state index contributed by atoms with van der Waals surface area (Å²) < 4.78 is 11.1. The van der Waals surface area contributed by atoms with Crippen LogP contribution in [0.5, 0.6) is 0 Å². The predicted octanol–water partition coefficient (Wildman–Crippen LogP) is 2.57. The third-order valence-corrected chi connectivity index (χ3v) is 4.29. The number of carbonyl (C=O) groups excluding carboxylic acids is 1. The lowest BCUT2D eigenvalue weighted by atomic mass is 9.95. The van der Waals surface area contributed by atoms with Gasteiger partial charge in [-0.3, -0.25) is 4.79 Å². The van der Waals surface area contributed by atoms with E-state index in [4.69, 9.17) is 21.1 Å². The zero-order valence-corrected chi connectivity index (χ0v) is 12.0. The zero-order valence-electron chi connectivity index (χ0n) is 11.3. The Morgan fingerprint density at radius 1 is 1.15 bits per heavy atom. The summed E-state index contributed by atoms with van der Waals surface area (Å²) in [5.41, 5.74) is 0.584. The van der Waals surface area contributed by atoms with Gasteiger partial charge >= 0.3 is 0 Å². The Morgan fingerprint density at radius 2 is 1.80 bits per heavy atom. The van der Waals surface area contributed by atoms with Crippen LogP contribution in [0, 0.1) is 5.92 Å². The van der Waals surface area contributed by atoms with E-state index < -0.39 is 0 Å². The van der Waals surface area contributed by atoms with Crippen LogP contribution in [0.15, 0.2) is 24.3 Å². The predicted molar refractivity (Wildman–Crippen MR) is 75.8 cm³/mol. The number of amides is 1. The number of halogens is 1. The van der Waals surface area contributed by atoms with Crippen LogP contribution in [-0.2, 0) is 9.47 Å². The van der Waals surface area contributed by atoms with Gasteiger partial charge < -0.3 is 14.4 Å². The Kier molecular flexibility index (Phi) is 4.24. The van der Waals surface area contributed by atoms with Crippen LogP contribution in [0.4, 0.5) is 0 Å². The maximum atomic E-state index is 12.4. The second-order valence-electron chi connectivity index (χ2n) is 5.22. The first-order chi connectivity index (χ1) is 9.75. The molecule has 0 bridgehead atoms. The second kappa shape index (κ2) is 6.12. The summed E-state index contributed by atoms with van der Waals surface area (Å²) in [5, 5.41) is 0.516. The van der Waals surface area contributed by atoms with Crippen LogP contribution >= 0.6 is 11.6 Å². The highest BCUT2D eigenvalue weighted by atomic mass is 35.5. The van der Waals surface area contributed by atoms with E-state index in [2.05, 4.69) is 0 Å². The molecule has 0 aromatic heterocycles. The first-order valence-electron chi connectivity index (χ1n) is 7.03. The summed E-state index contributed by atoms with van der Waals surface area (Å²) in [4.78, 5) is 14.3. The second-order valence-corrected chi connectivity index (χ2v) is 5.63. The molecule has 2 aliphatic rings. The van der Waals surface area contributed by atoms with Crippen molar-refractivity contribution >= 4 is 17.5 Å². The smallest absolute Gasteiger partial charge is 0.255 e. The summed E-state index contributed by atoms with van der Waals surface area (Å²) in [6, 6.07) is 7.20. The molecule has 5 heteroatoms. The van der Waals surface area contributed by atoms with Crippen LogP contribution in [-0.4, -0.2) is 43.4 Å². The van der Waals surface area contributed by atoms with Crippen molar-refractivity contribution in [3.8, 4) is 0 Å². The molecule has 108 valence electrons. The summed E-state index contributed by atoms with van der Waals surface area (Å²) >= 11 is 6.08. The summed E-state index contributed by atoms with van der Waals surface area (Å²) in [7, 11) is 0. The number of likely N-dealkylation sites (tertiary alicyclic amines) is 1. The lowest BCUT2D eigenvalue weighted by Gasteiger charge is -2.34. The molecule has 0 aliphatic carbocycles. The van der Waals surface area contributed by atoms with E-state index >= 15 is 0 Å². The van der Waals surface area contributed by atoms with Crippen molar-refractivity contribution in [3.63, 3.8) is 0 Å². The van der Waals surface area contributed by atoms with Gasteiger partial charge in [-0.2, -0.15) is 0 Å². The highest BCUT2D eigenvalue weighted by Gasteiger charge is 2.32. The molecule has 0 atom stereocenters. The SMILES string of the molecule is O=C(c1ccccc1Cl)N1CCC(C2OCCO2)CC1. The molecular formula is C15H18ClNO3. The van der Waals surface area contributed by atoms with Gasteiger partial charge in [0, 0.05) is 19.0 Å². The number of piperidine rings is 1. The molecule has 0 unspecified atom stereocenters. The standard InChI is InChI=1S/C15H18ClNO3/c16-13-4-2-1-3-12(13)14(18)17-7-5-11(6-8-17)15-19-9-10-20-15/h1-4,11,15H,5-10H2. The third kappa shape index (κ3) is 2.82. The van der Waals surface area contributed by atoms with Gasteiger partial charge in [-0.15, -0.1) is 0 Å². The zero-order chi connectivity index (χ0) is 13.9. The fraction of sp³-hybridized carbons (Fsp3) is 0.533. The molecule has 1 amide bonds. The Labute approximate surface area is 123 Å². The van der Waals surface area contributed by atoms with Crippen molar-refractivity contribution in [2.45, 2.75) is 19.1 Å². The minimum absolute atomic E-state index is 0.0160. The minimum atomic E-state index is -0.0763. The molecule has 3 rings (SSSR count). The lowest BCUT2D eigenvalue weighted by molar-refractivity contribution is -0.0956. The van der Waals surface area contributed by atoms with Crippen molar-refractivity contribution in [1.82, 2.24) is 4.90 Å². The van der Waals surface area contributed by atoms with Crippen molar-refractivity contribution < 1.29 is 14.3 Å². The number of rotatable bonds is 2. The fourth-order valence-corrected chi connectivity index (χ4v) is 3.05. The Bertz CT molecular complexity index is 480. The van der Waals surface area contributed by atoms with Gasteiger partial charge in [0.1, 0.15) is 0 Å².